The van der Waals surface area contributed by atoms with Gasteiger partial charge in [0.15, 0.2) is 0 Å². The van der Waals surface area contributed by atoms with Crippen molar-refractivity contribution >= 4 is 23.0 Å². The zero-order chi connectivity index (χ0) is 13.1. The standard InChI is InChI=1S/C13H17N3O2/c1-9(12(17)18-3)8-16(2)13-14-10-6-4-5-7-11(10)15-13/h4-7,9H,8H2,1-3H3,(H,14,15). The highest BCUT2D eigenvalue weighted by atomic mass is 16.5. The van der Waals surface area contributed by atoms with Crippen LogP contribution in [0.4, 0.5) is 5.95 Å². The summed E-state index contributed by atoms with van der Waals surface area (Å²) in [5.41, 5.74) is 1.91. The lowest BCUT2D eigenvalue weighted by molar-refractivity contribution is -0.144. The molecular formula is C13H17N3O2. The first kappa shape index (κ1) is 12.4. The van der Waals surface area contributed by atoms with E-state index in [1.807, 2.05) is 43.1 Å². The van der Waals surface area contributed by atoms with Crippen LogP contribution in [0.5, 0.6) is 0 Å². The number of carbonyl (C=O) groups excluding carboxylic acids is 1. The van der Waals surface area contributed by atoms with Crippen molar-refractivity contribution in [3.63, 3.8) is 0 Å². The molecule has 0 saturated heterocycles. The Labute approximate surface area is 106 Å². The molecule has 0 bridgehead atoms. The Morgan fingerprint density at radius 1 is 1.50 bits per heavy atom. The van der Waals surface area contributed by atoms with Crippen molar-refractivity contribution in [1.29, 1.82) is 0 Å². The average molecular weight is 247 g/mol. The molecule has 1 aromatic heterocycles. The second-order valence-electron chi connectivity index (χ2n) is 4.38. The van der Waals surface area contributed by atoms with Gasteiger partial charge in [-0.25, -0.2) is 4.98 Å². The maximum Gasteiger partial charge on any atom is 0.310 e. The predicted octanol–water partition coefficient (Wildman–Crippen LogP) is 1.81. The van der Waals surface area contributed by atoms with Gasteiger partial charge >= 0.3 is 5.97 Å². The zero-order valence-electron chi connectivity index (χ0n) is 10.8. The Hall–Kier alpha value is -2.04. The van der Waals surface area contributed by atoms with Crippen molar-refractivity contribution in [2.24, 2.45) is 5.92 Å². The van der Waals surface area contributed by atoms with Gasteiger partial charge in [-0.2, -0.15) is 0 Å². The minimum Gasteiger partial charge on any atom is -0.469 e. The van der Waals surface area contributed by atoms with Gasteiger partial charge in [0.2, 0.25) is 5.95 Å². The zero-order valence-corrected chi connectivity index (χ0v) is 10.8. The summed E-state index contributed by atoms with van der Waals surface area (Å²) in [6, 6.07) is 7.84. The summed E-state index contributed by atoms with van der Waals surface area (Å²) >= 11 is 0. The van der Waals surface area contributed by atoms with Crippen molar-refractivity contribution < 1.29 is 9.53 Å². The van der Waals surface area contributed by atoms with E-state index in [9.17, 15) is 4.79 Å². The number of esters is 1. The number of carbonyl (C=O) groups is 1. The lowest BCUT2D eigenvalue weighted by Crippen LogP contribution is -2.29. The number of nitrogens with zero attached hydrogens (tertiary/aromatic N) is 2. The van der Waals surface area contributed by atoms with Gasteiger partial charge < -0.3 is 14.6 Å². The number of anilines is 1. The Bertz CT molecular complexity index is 517. The number of aromatic nitrogens is 2. The third-order valence-electron chi connectivity index (χ3n) is 2.89. The van der Waals surface area contributed by atoms with Crippen molar-refractivity contribution in [2.45, 2.75) is 6.92 Å². The van der Waals surface area contributed by atoms with E-state index in [1.54, 1.807) is 0 Å². The Morgan fingerprint density at radius 3 is 2.89 bits per heavy atom. The van der Waals surface area contributed by atoms with E-state index in [0.29, 0.717) is 6.54 Å². The number of nitrogens with one attached hydrogen (secondary N) is 1. The molecule has 0 aliphatic carbocycles. The largest absolute Gasteiger partial charge is 0.469 e. The molecule has 1 aromatic carbocycles. The molecule has 2 aromatic rings. The van der Waals surface area contributed by atoms with Gasteiger partial charge in [0.25, 0.3) is 0 Å². The highest BCUT2D eigenvalue weighted by Gasteiger charge is 2.17. The second-order valence-corrected chi connectivity index (χ2v) is 4.38. The Balaban J connectivity index is 2.13. The van der Waals surface area contributed by atoms with E-state index in [2.05, 4.69) is 9.97 Å². The first-order chi connectivity index (χ1) is 8.61. The van der Waals surface area contributed by atoms with Gasteiger partial charge in [0.05, 0.1) is 24.1 Å². The maximum absolute atomic E-state index is 11.4. The minimum atomic E-state index is -0.210. The van der Waals surface area contributed by atoms with Crippen LogP contribution in [0.1, 0.15) is 6.92 Å². The molecule has 5 heteroatoms. The molecule has 96 valence electrons. The van der Waals surface area contributed by atoms with Crippen LogP contribution < -0.4 is 4.90 Å². The number of hydrogen-bond acceptors (Lipinski definition) is 4. The average Bonchev–Trinajstić information content (AvgIpc) is 2.81. The van der Waals surface area contributed by atoms with Gasteiger partial charge in [-0.15, -0.1) is 0 Å². The lowest BCUT2D eigenvalue weighted by atomic mass is 10.2. The first-order valence-electron chi connectivity index (χ1n) is 5.85. The molecule has 0 spiro atoms. The topological polar surface area (TPSA) is 58.2 Å². The van der Waals surface area contributed by atoms with Crippen LogP contribution in [0.15, 0.2) is 24.3 Å². The molecule has 18 heavy (non-hydrogen) atoms. The summed E-state index contributed by atoms with van der Waals surface area (Å²) in [5, 5.41) is 0. The summed E-state index contributed by atoms with van der Waals surface area (Å²) in [7, 11) is 3.30. The molecule has 0 amide bonds. The van der Waals surface area contributed by atoms with Gasteiger partial charge in [-0.05, 0) is 12.1 Å². The van der Waals surface area contributed by atoms with Crippen LogP contribution in [0.3, 0.4) is 0 Å². The molecule has 1 N–H and O–H groups in total. The van der Waals surface area contributed by atoms with E-state index < -0.39 is 0 Å². The van der Waals surface area contributed by atoms with Gasteiger partial charge in [-0.3, -0.25) is 4.79 Å². The van der Waals surface area contributed by atoms with Gasteiger partial charge in [-0.1, -0.05) is 19.1 Å². The molecule has 2 rings (SSSR count). The maximum atomic E-state index is 11.4. The van der Waals surface area contributed by atoms with Crippen molar-refractivity contribution in [3.8, 4) is 0 Å². The third kappa shape index (κ3) is 2.45. The lowest BCUT2D eigenvalue weighted by Gasteiger charge is -2.19. The summed E-state index contributed by atoms with van der Waals surface area (Å²) < 4.78 is 4.71. The van der Waals surface area contributed by atoms with Crippen molar-refractivity contribution in [1.82, 2.24) is 9.97 Å². The number of benzene rings is 1. The van der Waals surface area contributed by atoms with Crippen LogP contribution in [0.2, 0.25) is 0 Å². The van der Waals surface area contributed by atoms with Crippen molar-refractivity contribution in [2.75, 3.05) is 25.6 Å². The van der Waals surface area contributed by atoms with Crippen LogP contribution in [-0.4, -0.2) is 36.6 Å². The fourth-order valence-electron chi connectivity index (χ4n) is 1.89. The molecule has 5 nitrogen and oxygen atoms in total. The smallest absolute Gasteiger partial charge is 0.310 e. The fourth-order valence-corrected chi connectivity index (χ4v) is 1.89. The summed E-state index contributed by atoms with van der Waals surface area (Å²) in [5.74, 6) is 0.359. The highest BCUT2D eigenvalue weighted by molar-refractivity contribution is 5.77. The van der Waals surface area contributed by atoms with Crippen LogP contribution >= 0.6 is 0 Å². The molecule has 0 radical (unpaired) electrons. The summed E-state index contributed by atoms with van der Waals surface area (Å²) in [6.45, 7) is 2.40. The SMILES string of the molecule is COC(=O)C(C)CN(C)c1nc2ccccc2[nH]1. The molecule has 0 aliphatic rings. The summed E-state index contributed by atoms with van der Waals surface area (Å²) in [6.07, 6.45) is 0. The monoisotopic (exact) mass is 247 g/mol. The fraction of sp³-hybridized carbons (Fsp3) is 0.385. The van der Waals surface area contributed by atoms with Crippen LogP contribution in [0.25, 0.3) is 11.0 Å². The number of para-hydroxylation sites is 2. The molecule has 0 saturated carbocycles. The molecule has 0 aliphatic heterocycles. The quantitative estimate of drug-likeness (QED) is 0.837. The molecule has 0 fully saturated rings. The van der Waals surface area contributed by atoms with Crippen LogP contribution in [0, 0.1) is 5.92 Å². The second kappa shape index (κ2) is 5.08. The third-order valence-corrected chi connectivity index (χ3v) is 2.89. The molecule has 1 atom stereocenters. The van der Waals surface area contributed by atoms with E-state index in [1.165, 1.54) is 7.11 Å². The molecule has 1 heterocycles. The first-order valence-corrected chi connectivity index (χ1v) is 5.85. The number of H-pyrrole nitrogens is 1. The number of imidazole rings is 1. The Morgan fingerprint density at radius 2 is 2.22 bits per heavy atom. The number of aromatic amines is 1. The van der Waals surface area contributed by atoms with E-state index in [-0.39, 0.29) is 11.9 Å². The number of ether oxygens (including phenoxy) is 1. The van der Waals surface area contributed by atoms with E-state index in [0.717, 1.165) is 17.0 Å². The van der Waals surface area contributed by atoms with E-state index >= 15 is 0 Å². The number of rotatable bonds is 4. The highest BCUT2D eigenvalue weighted by Crippen LogP contribution is 2.16. The molecular weight excluding hydrogens is 230 g/mol. The van der Waals surface area contributed by atoms with Gasteiger partial charge in [0.1, 0.15) is 0 Å². The normalized spacial score (nSPS) is 12.4. The number of methoxy groups -OCH3 is 1. The molecule has 1 unspecified atom stereocenters. The number of fused-ring (bicyclic) bond motifs is 1. The number of hydrogen-bond donors (Lipinski definition) is 1. The minimum absolute atomic E-state index is 0.187. The predicted molar refractivity (Wildman–Crippen MR) is 70.5 cm³/mol. The van der Waals surface area contributed by atoms with Crippen LogP contribution in [-0.2, 0) is 9.53 Å². The van der Waals surface area contributed by atoms with Gasteiger partial charge in [0, 0.05) is 13.6 Å². The van der Waals surface area contributed by atoms with E-state index in [4.69, 9.17) is 4.74 Å². The summed E-state index contributed by atoms with van der Waals surface area (Å²) in [4.78, 5) is 21.0. The van der Waals surface area contributed by atoms with Crippen molar-refractivity contribution in [3.05, 3.63) is 24.3 Å². The Kier molecular flexibility index (Phi) is 3.50.